The monoisotopic (exact) mass is 299 g/mol. The van der Waals surface area contributed by atoms with E-state index in [4.69, 9.17) is 10.00 Å². The number of amides is 1. The van der Waals surface area contributed by atoms with Crippen LogP contribution in [0, 0.1) is 18.3 Å². The van der Waals surface area contributed by atoms with Gasteiger partial charge in [-0.2, -0.15) is 10.4 Å². The van der Waals surface area contributed by atoms with E-state index in [1.54, 1.807) is 41.8 Å². The Morgan fingerprint density at radius 3 is 3.00 bits per heavy atom. The van der Waals surface area contributed by atoms with Crippen molar-refractivity contribution in [2.45, 2.75) is 6.92 Å². The summed E-state index contributed by atoms with van der Waals surface area (Å²) >= 11 is 1.55. The summed E-state index contributed by atoms with van der Waals surface area (Å²) in [6.45, 7) is 1.78. The molecule has 2 aromatic rings. The van der Waals surface area contributed by atoms with Gasteiger partial charge in [0, 0.05) is 4.88 Å². The molecule has 0 saturated carbocycles. The van der Waals surface area contributed by atoms with E-state index >= 15 is 0 Å². The molecular weight excluding hydrogens is 286 g/mol. The van der Waals surface area contributed by atoms with Crippen molar-refractivity contribution >= 4 is 23.5 Å². The topological polar surface area (TPSA) is 74.5 Å². The van der Waals surface area contributed by atoms with Crippen LogP contribution in [0.3, 0.4) is 0 Å². The van der Waals surface area contributed by atoms with Crippen molar-refractivity contribution in [3.05, 3.63) is 51.7 Å². The van der Waals surface area contributed by atoms with Gasteiger partial charge in [-0.1, -0.05) is 12.1 Å². The highest BCUT2D eigenvalue weighted by molar-refractivity contribution is 7.11. The summed E-state index contributed by atoms with van der Waals surface area (Å²) < 4.78 is 5.30. The fourth-order valence-corrected chi connectivity index (χ4v) is 2.33. The number of benzene rings is 1. The first-order chi connectivity index (χ1) is 10.2. The number of ether oxygens (including phenoxy) is 1. The molecule has 0 saturated heterocycles. The number of hydrogen-bond acceptors (Lipinski definition) is 5. The summed E-state index contributed by atoms with van der Waals surface area (Å²) in [6.07, 6.45) is 1.60. The van der Waals surface area contributed by atoms with Gasteiger partial charge in [0.15, 0.2) is 6.61 Å². The summed E-state index contributed by atoms with van der Waals surface area (Å²) in [7, 11) is 0. The average Bonchev–Trinajstić information content (AvgIpc) is 2.91. The number of rotatable bonds is 5. The molecule has 0 spiro atoms. The molecule has 0 aliphatic carbocycles. The lowest BCUT2D eigenvalue weighted by Crippen LogP contribution is -2.24. The van der Waals surface area contributed by atoms with Crippen molar-refractivity contribution in [1.82, 2.24) is 5.43 Å². The van der Waals surface area contributed by atoms with Gasteiger partial charge in [0.25, 0.3) is 5.91 Å². The molecule has 0 bridgehead atoms. The highest BCUT2D eigenvalue weighted by Crippen LogP contribution is 2.16. The van der Waals surface area contributed by atoms with E-state index in [1.807, 2.05) is 24.4 Å². The number of nitriles is 1. The number of hydrazone groups is 1. The Morgan fingerprint density at radius 1 is 1.48 bits per heavy atom. The van der Waals surface area contributed by atoms with Crippen molar-refractivity contribution < 1.29 is 9.53 Å². The van der Waals surface area contributed by atoms with E-state index in [9.17, 15) is 4.79 Å². The predicted molar refractivity (Wildman–Crippen MR) is 81.4 cm³/mol. The first kappa shape index (κ1) is 14.8. The van der Waals surface area contributed by atoms with E-state index < -0.39 is 0 Å². The third-order valence-corrected chi connectivity index (χ3v) is 3.59. The number of nitrogens with one attached hydrogen (secondary N) is 1. The fraction of sp³-hybridized carbons (Fsp3) is 0.133. The van der Waals surface area contributed by atoms with Gasteiger partial charge in [0.05, 0.1) is 11.8 Å². The molecule has 1 amide bonds. The molecule has 0 fully saturated rings. The lowest BCUT2D eigenvalue weighted by atomic mass is 10.2. The smallest absolute Gasteiger partial charge is 0.277 e. The molecule has 1 aromatic heterocycles. The number of nitrogens with zero attached hydrogens (tertiary/aromatic N) is 2. The van der Waals surface area contributed by atoms with Crippen molar-refractivity contribution in [2.75, 3.05) is 6.61 Å². The second-order valence-electron chi connectivity index (χ2n) is 4.16. The van der Waals surface area contributed by atoms with Crippen molar-refractivity contribution in [2.24, 2.45) is 5.10 Å². The molecule has 2 rings (SSSR count). The van der Waals surface area contributed by atoms with Gasteiger partial charge >= 0.3 is 0 Å². The van der Waals surface area contributed by atoms with Crippen LogP contribution in [0.25, 0.3) is 0 Å². The minimum absolute atomic E-state index is 0.195. The Balaban J connectivity index is 1.84. The number of hydrogen-bond donors (Lipinski definition) is 1. The highest BCUT2D eigenvalue weighted by Gasteiger charge is 2.05. The average molecular weight is 299 g/mol. The number of para-hydroxylation sites is 1. The van der Waals surface area contributed by atoms with Crippen LogP contribution in [0.15, 0.2) is 40.8 Å². The number of aryl methyl sites for hydroxylation is 1. The summed E-state index contributed by atoms with van der Waals surface area (Å²) in [4.78, 5) is 12.6. The Kier molecular flexibility index (Phi) is 5.07. The lowest BCUT2D eigenvalue weighted by molar-refractivity contribution is -0.123. The first-order valence-corrected chi connectivity index (χ1v) is 7.06. The molecule has 0 unspecified atom stereocenters. The van der Waals surface area contributed by atoms with Gasteiger partial charge < -0.3 is 4.74 Å². The molecule has 1 N–H and O–H groups in total. The van der Waals surface area contributed by atoms with Gasteiger partial charge in [-0.05, 0) is 36.1 Å². The summed E-state index contributed by atoms with van der Waals surface area (Å²) in [5.74, 6) is 0.00133. The Bertz CT molecular complexity index is 701. The number of thiophene rings is 1. The Hall–Kier alpha value is -2.65. The van der Waals surface area contributed by atoms with Crippen LogP contribution < -0.4 is 10.2 Å². The van der Waals surface area contributed by atoms with Gasteiger partial charge in [-0.15, -0.1) is 11.3 Å². The summed E-state index contributed by atoms with van der Waals surface area (Å²) in [5.41, 5.74) is 3.89. The molecule has 0 atom stereocenters. The number of carbonyl (C=O) groups is 1. The molecule has 1 heterocycles. The van der Waals surface area contributed by atoms with Gasteiger partial charge in [0.1, 0.15) is 11.8 Å². The van der Waals surface area contributed by atoms with E-state index in [-0.39, 0.29) is 12.5 Å². The maximum Gasteiger partial charge on any atom is 0.277 e. The normalized spacial score (nSPS) is 10.3. The van der Waals surface area contributed by atoms with Crippen molar-refractivity contribution in [1.29, 1.82) is 5.26 Å². The van der Waals surface area contributed by atoms with E-state index in [1.165, 1.54) is 0 Å². The molecule has 106 valence electrons. The highest BCUT2D eigenvalue weighted by atomic mass is 32.1. The zero-order valence-electron chi connectivity index (χ0n) is 11.4. The lowest BCUT2D eigenvalue weighted by Gasteiger charge is -2.05. The Labute approximate surface area is 126 Å². The second-order valence-corrected chi connectivity index (χ2v) is 5.11. The third kappa shape index (κ3) is 4.16. The number of carbonyl (C=O) groups excluding carboxylic acids is 1. The van der Waals surface area contributed by atoms with Crippen LogP contribution in [0.1, 0.15) is 16.0 Å². The van der Waals surface area contributed by atoms with Crippen molar-refractivity contribution in [3.63, 3.8) is 0 Å². The largest absolute Gasteiger partial charge is 0.482 e. The van der Waals surface area contributed by atoms with E-state index in [2.05, 4.69) is 10.5 Å². The first-order valence-electron chi connectivity index (χ1n) is 6.18. The van der Waals surface area contributed by atoms with Gasteiger partial charge in [-0.25, -0.2) is 5.43 Å². The maximum atomic E-state index is 11.6. The quantitative estimate of drug-likeness (QED) is 0.680. The van der Waals surface area contributed by atoms with Crippen LogP contribution >= 0.6 is 11.3 Å². The predicted octanol–water partition coefficient (Wildman–Crippen LogP) is 2.46. The van der Waals surface area contributed by atoms with E-state index in [0.717, 1.165) is 10.4 Å². The standard InChI is InChI=1S/C15H13N3O2S/c1-11-6-7-21-14(11)9-17-18-15(19)10-20-13-5-3-2-4-12(13)8-16/h2-7,9H,10H2,1H3,(H,18,19)/b17-9-. The molecule has 0 aliphatic heterocycles. The molecule has 6 heteroatoms. The zero-order valence-corrected chi connectivity index (χ0v) is 12.2. The summed E-state index contributed by atoms with van der Waals surface area (Å²) in [5, 5.41) is 14.7. The fourth-order valence-electron chi connectivity index (χ4n) is 1.54. The zero-order chi connectivity index (χ0) is 15.1. The SMILES string of the molecule is Cc1ccsc1/C=N\NC(=O)COc1ccccc1C#N. The van der Waals surface area contributed by atoms with Crippen LogP contribution in [-0.4, -0.2) is 18.7 Å². The molecular formula is C15H13N3O2S. The molecule has 0 radical (unpaired) electrons. The van der Waals surface area contributed by atoms with Crippen LogP contribution in [0.2, 0.25) is 0 Å². The molecule has 5 nitrogen and oxygen atoms in total. The minimum atomic E-state index is -0.381. The van der Waals surface area contributed by atoms with Gasteiger partial charge in [0.2, 0.25) is 0 Å². The molecule has 0 aliphatic rings. The van der Waals surface area contributed by atoms with Crippen molar-refractivity contribution in [3.8, 4) is 11.8 Å². The molecule has 1 aromatic carbocycles. The second kappa shape index (κ2) is 7.22. The van der Waals surface area contributed by atoms with Gasteiger partial charge in [-0.3, -0.25) is 4.79 Å². The summed E-state index contributed by atoms with van der Waals surface area (Å²) in [6, 6.07) is 10.7. The molecule has 21 heavy (non-hydrogen) atoms. The third-order valence-electron chi connectivity index (χ3n) is 2.64. The van der Waals surface area contributed by atoms with E-state index in [0.29, 0.717) is 11.3 Å². The van der Waals surface area contributed by atoms with Crippen LogP contribution in [0.4, 0.5) is 0 Å². The minimum Gasteiger partial charge on any atom is -0.482 e. The van der Waals surface area contributed by atoms with Crippen LogP contribution in [-0.2, 0) is 4.79 Å². The Morgan fingerprint density at radius 2 is 2.29 bits per heavy atom. The van der Waals surface area contributed by atoms with Crippen LogP contribution in [0.5, 0.6) is 5.75 Å². The maximum absolute atomic E-state index is 11.6.